The monoisotopic (exact) mass is 428 g/mol. The molecule has 0 fully saturated rings. The van der Waals surface area contributed by atoms with E-state index in [1.54, 1.807) is 11.3 Å². The number of amides is 1. The molecule has 0 aliphatic heterocycles. The van der Waals surface area contributed by atoms with Crippen LogP contribution in [0.15, 0.2) is 60.7 Å². The minimum Gasteiger partial charge on any atom is -0.494 e. The largest absolute Gasteiger partial charge is 0.494 e. The Morgan fingerprint density at radius 3 is 2.43 bits per heavy atom. The molecule has 1 aromatic heterocycles. The molecule has 0 unspecified atom stereocenters. The highest BCUT2D eigenvalue weighted by Gasteiger charge is 2.16. The van der Waals surface area contributed by atoms with Crippen LogP contribution in [0.2, 0.25) is 10.0 Å². The van der Waals surface area contributed by atoms with Crippen molar-refractivity contribution in [1.82, 2.24) is 4.98 Å². The molecule has 1 heterocycles. The van der Waals surface area contributed by atoms with E-state index in [2.05, 4.69) is 10.3 Å². The number of nitrogens with zero attached hydrogens (tertiary/aromatic N) is 1. The normalized spacial score (nSPS) is 10.8. The number of para-hydroxylation sites is 2. The lowest BCUT2D eigenvalue weighted by Gasteiger charge is -2.11. The smallest absolute Gasteiger partial charge is 0.255 e. The summed E-state index contributed by atoms with van der Waals surface area (Å²) in [7, 11) is 1.47. The number of hydrogen-bond donors (Lipinski definition) is 1. The molecule has 0 saturated carbocycles. The predicted molar refractivity (Wildman–Crippen MR) is 116 cm³/mol. The molecule has 7 heteroatoms. The fourth-order valence-electron chi connectivity index (χ4n) is 2.85. The number of thiazole rings is 1. The van der Waals surface area contributed by atoms with Crippen molar-refractivity contribution in [1.29, 1.82) is 0 Å². The van der Waals surface area contributed by atoms with Gasteiger partial charge >= 0.3 is 0 Å². The Balaban J connectivity index is 1.68. The van der Waals surface area contributed by atoms with Crippen LogP contribution >= 0.6 is 34.5 Å². The topological polar surface area (TPSA) is 51.2 Å². The molecule has 4 rings (SSSR count). The van der Waals surface area contributed by atoms with Gasteiger partial charge in [-0.3, -0.25) is 4.79 Å². The van der Waals surface area contributed by atoms with Crippen molar-refractivity contribution in [2.24, 2.45) is 0 Å². The zero-order valence-electron chi connectivity index (χ0n) is 14.7. The highest BCUT2D eigenvalue weighted by molar-refractivity contribution is 7.21. The Hall–Kier alpha value is -2.60. The van der Waals surface area contributed by atoms with E-state index in [9.17, 15) is 4.79 Å². The summed E-state index contributed by atoms with van der Waals surface area (Å²) in [5.41, 5.74) is 2.78. The van der Waals surface area contributed by atoms with E-state index in [1.165, 1.54) is 19.2 Å². The minimum atomic E-state index is -0.319. The van der Waals surface area contributed by atoms with Gasteiger partial charge in [-0.05, 0) is 36.4 Å². The first-order chi connectivity index (χ1) is 13.6. The van der Waals surface area contributed by atoms with Gasteiger partial charge in [0.1, 0.15) is 5.01 Å². The molecular formula is C21H14Cl2N2O2S. The van der Waals surface area contributed by atoms with Crippen LogP contribution in [0.3, 0.4) is 0 Å². The second kappa shape index (κ2) is 7.80. The maximum absolute atomic E-state index is 12.8. The maximum Gasteiger partial charge on any atom is 0.255 e. The maximum atomic E-state index is 12.8. The molecule has 4 nitrogen and oxygen atoms in total. The third kappa shape index (κ3) is 3.56. The van der Waals surface area contributed by atoms with Gasteiger partial charge in [0.15, 0.2) is 5.75 Å². The average Bonchev–Trinajstić information content (AvgIpc) is 3.12. The Kier molecular flexibility index (Phi) is 5.22. The number of halogens is 2. The van der Waals surface area contributed by atoms with Gasteiger partial charge in [-0.2, -0.15) is 0 Å². The van der Waals surface area contributed by atoms with Gasteiger partial charge < -0.3 is 10.1 Å². The molecule has 0 bridgehead atoms. The van der Waals surface area contributed by atoms with Crippen LogP contribution in [0.1, 0.15) is 10.4 Å². The summed E-state index contributed by atoms with van der Waals surface area (Å²) in [5, 5.41) is 4.32. The van der Waals surface area contributed by atoms with Crippen LogP contribution < -0.4 is 10.1 Å². The Bertz CT molecular complexity index is 1130. The van der Waals surface area contributed by atoms with Crippen LogP contribution in [-0.2, 0) is 0 Å². The molecule has 1 amide bonds. The molecule has 3 aromatic carbocycles. The quantitative estimate of drug-likeness (QED) is 0.401. The van der Waals surface area contributed by atoms with Gasteiger partial charge in [-0.1, -0.05) is 47.5 Å². The molecule has 1 N–H and O–H groups in total. The van der Waals surface area contributed by atoms with Crippen LogP contribution in [0.25, 0.3) is 20.8 Å². The van der Waals surface area contributed by atoms with E-state index < -0.39 is 0 Å². The summed E-state index contributed by atoms with van der Waals surface area (Å²) in [4.78, 5) is 17.5. The molecule has 0 saturated heterocycles. The number of aromatic nitrogens is 1. The molecule has 140 valence electrons. The number of carbonyl (C=O) groups is 1. The molecular weight excluding hydrogens is 415 g/mol. The SMILES string of the molecule is COc1c(Cl)cc(C(=O)Nc2ccccc2-c2nc3ccccc3s2)cc1Cl. The zero-order chi connectivity index (χ0) is 19.7. The summed E-state index contributed by atoms with van der Waals surface area (Å²) in [6.45, 7) is 0. The summed E-state index contributed by atoms with van der Waals surface area (Å²) >= 11 is 13.9. The Labute approximate surface area is 175 Å². The second-order valence-corrected chi connectivity index (χ2v) is 7.80. The number of rotatable bonds is 4. The van der Waals surface area contributed by atoms with Gasteiger partial charge in [-0.25, -0.2) is 4.98 Å². The van der Waals surface area contributed by atoms with Gasteiger partial charge in [0, 0.05) is 11.1 Å². The zero-order valence-corrected chi connectivity index (χ0v) is 17.0. The molecule has 0 aliphatic carbocycles. The first-order valence-corrected chi connectivity index (χ1v) is 9.93. The third-order valence-electron chi connectivity index (χ3n) is 4.16. The standard InChI is InChI=1S/C21H14Cl2N2O2S/c1-27-19-14(22)10-12(11-15(19)23)20(26)24-16-7-3-2-6-13(16)21-25-17-8-4-5-9-18(17)28-21/h2-11H,1H3,(H,24,26). The molecule has 28 heavy (non-hydrogen) atoms. The van der Waals surface area contributed by atoms with E-state index in [0.29, 0.717) is 17.0 Å². The highest BCUT2D eigenvalue weighted by Crippen LogP contribution is 2.36. The van der Waals surface area contributed by atoms with E-state index in [-0.39, 0.29) is 16.0 Å². The van der Waals surface area contributed by atoms with Crippen LogP contribution in [0.4, 0.5) is 5.69 Å². The summed E-state index contributed by atoms with van der Waals surface area (Å²) in [5.74, 6) is 0.0229. The van der Waals surface area contributed by atoms with Gasteiger partial charge in [0.25, 0.3) is 5.91 Å². The van der Waals surface area contributed by atoms with Crippen LogP contribution in [0, 0.1) is 0 Å². The number of fused-ring (bicyclic) bond motifs is 1. The first kappa shape index (κ1) is 18.7. The molecule has 4 aromatic rings. The number of carbonyl (C=O) groups excluding carboxylic acids is 1. The summed E-state index contributed by atoms with van der Waals surface area (Å²) < 4.78 is 6.22. The lowest BCUT2D eigenvalue weighted by molar-refractivity contribution is 0.102. The second-order valence-electron chi connectivity index (χ2n) is 5.96. The fourth-order valence-corrected chi connectivity index (χ4v) is 4.49. The Morgan fingerprint density at radius 1 is 1.04 bits per heavy atom. The van der Waals surface area contributed by atoms with Crippen molar-refractivity contribution in [2.75, 3.05) is 12.4 Å². The van der Waals surface area contributed by atoms with Crippen molar-refractivity contribution in [3.8, 4) is 16.3 Å². The van der Waals surface area contributed by atoms with Gasteiger partial charge in [0.05, 0.1) is 33.1 Å². The Morgan fingerprint density at radius 2 is 1.71 bits per heavy atom. The minimum absolute atomic E-state index is 0.277. The van der Waals surface area contributed by atoms with E-state index in [4.69, 9.17) is 27.9 Å². The number of methoxy groups -OCH3 is 1. The fraction of sp³-hybridized carbons (Fsp3) is 0.0476. The van der Waals surface area contributed by atoms with Crippen molar-refractivity contribution >= 4 is 56.3 Å². The number of anilines is 1. The number of hydrogen-bond acceptors (Lipinski definition) is 4. The lowest BCUT2D eigenvalue weighted by atomic mass is 10.1. The molecule has 0 atom stereocenters. The van der Waals surface area contributed by atoms with Crippen LogP contribution in [-0.4, -0.2) is 18.0 Å². The van der Waals surface area contributed by atoms with Crippen molar-refractivity contribution in [3.05, 3.63) is 76.3 Å². The molecule has 0 radical (unpaired) electrons. The lowest BCUT2D eigenvalue weighted by Crippen LogP contribution is -2.12. The number of benzene rings is 3. The predicted octanol–water partition coefficient (Wildman–Crippen LogP) is 6.53. The van der Waals surface area contributed by atoms with E-state index in [1.807, 2.05) is 48.5 Å². The summed E-state index contributed by atoms with van der Waals surface area (Å²) in [6.07, 6.45) is 0. The third-order valence-corrected chi connectivity index (χ3v) is 5.80. The van der Waals surface area contributed by atoms with Crippen LogP contribution in [0.5, 0.6) is 5.75 Å². The summed E-state index contributed by atoms with van der Waals surface area (Å²) in [6, 6.07) is 18.5. The van der Waals surface area contributed by atoms with E-state index >= 15 is 0 Å². The highest BCUT2D eigenvalue weighted by atomic mass is 35.5. The van der Waals surface area contributed by atoms with Crippen molar-refractivity contribution < 1.29 is 9.53 Å². The van der Waals surface area contributed by atoms with Gasteiger partial charge in [0.2, 0.25) is 0 Å². The number of nitrogens with one attached hydrogen (secondary N) is 1. The van der Waals surface area contributed by atoms with Gasteiger partial charge in [-0.15, -0.1) is 11.3 Å². The first-order valence-electron chi connectivity index (χ1n) is 8.36. The number of ether oxygens (including phenoxy) is 1. The molecule has 0 aliphatic rings. The van der Waals surface area contributed by atoms with E-state index in [0.717, 1.165) is 20.8 Å². The van der Waals surface area contributed by atoms with Crippen molar-refractivity contribution in [2.45, 2.75) is 0 Å². The molecule has 0 spiro atoms. The average molecular weight is 429 g/mol. The van der Waals surface area contributed by atoms with Crippen molar-refractivity contribution in [3.63, 3.8) is 0 Å².